The molecule has 0 radical (unpaired) electrons. The van der Waals surface area contributed by atoms with E-state index in [4.69, 9.17) is 10.1 Å². The quantitative estimate of drug-likeness (QED) is 0.469. The van der Waals surface area contributed by atoms with Crippen LogP contribution < -0.4 is 10.3 Å². The lowest BCUT2D eigenvalue weighted by molar-refractivity contribution is -0.123. The zero-order valence-electron chi connectivity index (χ0n) is 18.4. The maximum Gasteiger partial charge on any atom is 0.262 e. The van der Waals surface area contributed by atoms with E-state index in [0.717, 1.165) is 11.4 Å². The fourth-order valence-corrected chi connectivity index (χ4v) is 5.01. The Morgan fingerprint density at radius 2 is 1.63 bits per heavy atom. The van der Waals surface area contributed by atoms with E-state index in [-0.39, 0.29) is 5.91 Å². The van der Waals surface area contributed by atoms with Crippen molar-refractivity contribution >= 4 is 29.1 Å². The highest BCUT2D eigenvalue weighted by Crippen LogP contribution is 2.54. The molecule has 1 spiro atoms. The second-order valence-electron chi connectivity index (χ2n) is 8.44. The number of nitrogens with one attached hydrogen (secondary N) is 1. The van der Waals surface area contributed by atoms with Crippen molar-refractivity contribution in [2.24, 2.45) is 15.4 Å². The first kappa shape index (κ1) is 19.6. The summed E-state index contributed by atoms with van der Waals surface area (Å²) >= 11 is 0. The topological polar surface area (TPSA) is 90.5 Å². The van der Waals surface area contributed by atoms with Crippen LogP contribution in [0.15, 0.2) is 94.3 Å². The monoisotopic (exact) mass is 464 g/mol. The second-order valence-corrected chi connectivity index (χ2v) is 8.44. The third-order valence-corrected chi connectivity index (χ3v) is 6.47. The van der Waals surface area contributed by atoms with Crippen LogP contribution in [0.2, 0.25) is 0 Å². The number of amides is 1. The molecule has 0 unspecified atom stereocenters. The molecule has 0 aliphatic carbocycles. The van der Waals surface area contributed by atoms with Crippen molar-refractivity contribution < 1.29 is 9.18 Å². The lowest BCUT2D eigenvalue weighted by atomic mass is 9.82. The van der Waals surface area contributed by atoms with Crippen molar-refractivity contribution in [3.8, 4) is 5.69 Å². The smallest absolute Gasteiger partial charge is 0.262 e. The summed E-state index contributed by atoms with van der Waals surface area (Å²) in [5.41, 5.74) is 2.00. The minimum absolute atomic E-state index is 0.313. The van der Waals surface area contributed by atoms with Gasteiger partial charge in [0.25, 0.3) is 11.9 Å². The number of benzene rings is 3. The Morgan fingerprint density at radius 1 is 0.914 bits per heavy atom. The van der Waals surface area contributed by atoms with Crippen molar-refractivity contribution in [1.29, 1.82) is 0 Å². The standard InChI is InChI=1S/C25H17FN8O/c1-15-21-22(32(29-15)17-8-4-2-5-9-17)28-24-33(18-10-6-3-7-11-18)30-31-34(24)25(21)19-14-16(26)12-13-20(19)27-23(25)35/h2-14H,1H3,(H,27,35)/t25-/m1/s1. The number of hydrogen-bond donors (Lipinski definition) is 1. The number of aryl methyl sites for hydroxylation is 1. The van der Waals surface area contributed by atoms with Gasteiger partial charge in [-0.2, -0.15) is 20.1 Å². The maximum atomic E-state index is 14.6. The molecule has 170 valence electrons. The zero-order valence-corrected chi connectivity index (χ0v) is 18.4. The van der Waals surface area contributed by atoms with Crippen LogP contribution >= 0.6 is 0 Å². The molecule has 0 saturated heterocycles. The van der Waals surface area contributed by atoms with E-state index in [9.17, 15) is 9.18 Å². The molecule has 35 heavy (non-hydrogen) atoms. The largest absolute Gasteiger partial charge is 0.323 e. The minimum Gasteiger partial charge on any atom is -0.323 e. The average molecular weight is 464 g/mol. The van der Waals surface area contributed by atoms with Gasteiger partial charge in [-0.15, -0.1) is 0 Å². The molecule has 1 amide bonds. The third kappa shape index (κ3) is 2.47. The van der Waals surface area contributed by atoms with E-state index < -0.39 is 11.4 Å². The van der Waals surface area contributed by atoms with Gasteiger partial charge in [-0.3, -0.25) is 4.79 Å². The number of halogens is 1. The predicted molar refractivity (Wildman–Crippen MR) is 127 cm³/mol. The van der Waals surface area contributed by atoms with Gasteiger partial charge in [0, 0.05) is 11.3 Å². The van der Waals surface area contributed by atoms with Gasteiger partial charge in [0.1, 0.15) is 5.82 Å². The Bertz CT molecular complexity index is 1580. The Kier molecular flexibility index (Phi) is 3.82. The fraction of sp³-hybridized carbons (Fsp3) is 0.0800. The Balaban J connectivity index is 1.56. The van der Waals surface area contributed by atoms with Crippen LogP contribution in [0.25, 0.3) is 5.69 Å². The summed E-state index contributed by atoms with van der Waals surface area (Å²) in [7, 11) is 0. The van der Waals surface area contributed by atoms with Crippen LogP contribution in [-0.4, -0.2) is 26.7 Å². The van der Waals surface area contributed by atoms with E-state index in [2.05, 4.69) is 15.8 Å². The summed E-state index contributed by atoms with van der Waals surface area (Å²) in [4.78, 5) is 18.8. The molecule has 0 fully saturated rings. The molecule has 7 rings (SSSR count). The van der Waals surface area contributed by atoms with Crippen LogP contribution in [0.5, 0.6) is 0 Å². The molecule has 4 heterocycles. The molecule has 9 nitrogen and oxygen atoms in total. The first-order valence-corrected chi connectivity index (χ1v) is 11.0. The van der Waals surface area contributed by atoms with Crippen LogP contribution in [0, 0.1) is 12.7 Å². The summed E-state index contributed by atoms with van der Waals surface area (Å²) in [6.07, 6.45) is 0. The Hall–Kier alpha value is -4.86. The van der Waals surface area contributed by atoms with Gasteiger partial charge in [-0.25, -0.2) is 9.07 Å². The number of aromatic nitrogens is 2. The Morgan fingerprint density at radius 3 is 2.37 bits per heavy atom. The molecule has 4 aromatic rings. The molecule has 1 aromatic heterocycles. The van der Waals surface area contributed by atoms with Gasteiger partial charge in [0.05, 0.1) is 22.6 Å². The van der Waals surface area contributed by atoms with Crippen LogP contribution in [0.1, 0.15) is 16.8 Å². The molecule has 1 atom stereocenters. The highest BCUT2D eigenvalue weighted by atomic mass is 19.1. The SMILES string of the molecule is Cc1nn(-c2ccccc2)c2c1[C@]1(C(=O)Nc3ccc(F)cc31)N1N=NN(c3ccccc3)C1=N2. The second kappa shape index (κ2) is 6.83. The van der Waals surface area contributed by atoms with E-state index in [1.165, 1.54) is 17.1 Å². The average Bonchev–Trinajstić information content (AvgIpc) is 3.54. The van der Waals surface area contributed by atoms with Crippen LogP contribution in [-0.2, 0) is 10.3 Å². The van der Waals surface area contributed by atoms with Crippen molar-refractivity contribution in [3.63, 3.8) is 0 Å². The molecule has 0 bridgehead atoms. The van der Waals surface area contributed by atoms with Gasteiger partial charge in [-0.05, 0) is 59.8 Å². The van der Waals surface area contributed by atoms with Crippen LogP contribution in [0.3, 0.4) is 0 Å². The van der Waals surface area contributed by atoms with Gasteiger partial charge in [0.15, 0.2) is 5.82 Å². The number of aliphatic imine (C=N–C) groups is 1. The highest BCUT2D eigenvalue weighted by molar-refractivity contribution is 6.14. The summed E-state index contributed by atoms with van der Waals surface area (Å²) < 4.78 is 16.3. The molecular formula is C25H17FN8O. The van der Waals surface area contributed by atoms with E-state index >= 15 is 0 Å². The molecule has 3 aliphatic heterocycles. The normalized spacial score (nSPS) is 19.5. The van der Waals surface area contributed by atoms with Crippen LogP contribution in [0.4, 0.5) is 21.6 Å². The summed E-state index contributed by atoms with van der Waals surface area (Å²) in [5.74, 6) is -0.0702. The lowest BCUT2D eigenvalue weighted by Crippen LogP contribution is -2.54. The van der Waals surface area contributed by atoms with Crippen molar-refractivity contribution in [1.82, 2.24) is 14.8 Å². The van der Waals surface area contributed by atoms with Crippen molar-refractivity contribution in [2.75, 3.05) is 10.3 Å². The van der Waals surface area contributed by atoms with Crippen molar-refractivity contribution in [2.45, 2.75) is 12.5 Å². The van der Waals surface area contributed by atoms with E-state index in [1.807, 2.05) is 67.6 Å². The number of hydrogen-bond acceptors (Lipinski definition) is 7. The van der Waals surface area contributed by atoms with Gasteiger partial charge >= 0.3 is 0 Å². The molecule has 0 saturated carbocycles. The van der Waals surface area contributed by atoms with Gasteiger partial charge in [-0.1, -0.05) is 36.4 Å². The first-order chi connectivity index (χ1) is 17.1. The number of fused-ring (bicyclic) bond motifs is 6. The number of guanidine groups is 1. The number of carbonyl (C=O) groups excluding carboxylic acids is 1. The first-order valence-electron chi connectivity index (χ1n) is 11.0. The Labute approximate surface area is 198 Å². The van der Waals surface area contributed by atoms with E-state index in [0.29, 0.717) is 34.3 Å². The zero-order chi connectivity index (χ0) is 23.7. The maximum absolute atomic E-state index is 14.6. The summed E-state index contributed by atoms with van der Waals surface area (Å²) in [6.45, 7) is 1.81. The highest BCUT2D eigenvalue weighted by Gasteiger charge is 2.62. The molecular weight excluding hydrogens is 447 g/mol. The number of para-hydroxylation sites is 2. The molecule has 3 aliphatic rings. The molecule has 10 heteroatoms. The third-order valence-electron chi connectivity index (χ3n) is 6.47. The number of nitrogens with zero attached hydrogens (tertiary/aromatic N) is 7. The summed E-state index contributed by atoms with van der Waals surface area (Å²) in [6, 6.07) is 23.2. The summed E-state index contributed by atoms with van der Waals surface area (Å²) in [5, 5.41) is 19.4. The number of rotatable bonds is 2. The lowest BCUT2D eigenvalue weighted by Gasteiger charge is -2.37. The molecule has 3 aromatic carbocycles. The molecule has 1 N–H and O–H groups in total. The van der Waals surface area contributed by atoms with Crippen molar-refractivity contribution in [3.05, 3.63) is 102 Å². The fourth-order valence-electron chi connectivity index (χ4n) is 5.01. The van der Waals surface area contributed by atoms with E-state index in [1.54, 1.807) is 15.8 Å². The predicted octanol–water partition coefficient (Wildman–Crippen LogP) is 4.62. The minimum atomic E-state index is -1.53. The van der Waals surface area contributed by atoms with Gasteiger partial charge < -0.3 is 5.32 Å². The number of carbonyl (C=O) groups is 1. The van der Waals surface area contributed by atoms with Gasteiger partial charge in [0.2, 0.25) is 5.54 Å². The number of anilines is 2.